The van der Waals surface area contributed by atoms with Crippen molar-refractivity contribution >= 4 is 11.7 Å². The molecule has 1 N–H and O–H groups in total. The van der Waals surface area contributed by atoms with Gasteiger partial charge in [-0.25, -0.2) is 4.98 Å². The van der Waals surface area contributed by atoms with Gasteiger partial charge in [0, 0.05) is 39.3 Å². The van der Waals surface area contributed by atoms with E-state index >= 15 is 0 Å². The lowest BCUT2D eigenvalue weighted by Gasteiger charge is -2.37. The third kappa shape index (κ3) is 4.35. The van der Waals surface area contributed by atoms with Crippen LogP contribution in [0.1, 0.15) is 17.5 Å². The summed E-state index contributed by atoms with van der Waals surface area (Å²) < 4.78 is 38.1. The summed E-state index contributed by atoms with van der Waals surface area (Å²) in [5.41, 5.74) is 0.0121. The van der Waals surface area contributed by atoms with Crippen LogP contribution in [0.25, 0.3) is 0 Å². The molecule has 1 aromatic heterocycles. The number of piperazine rings is 1. The summed E-state index contributed by atoms with van der Waals surface area (Å²) >= 11 is 0. The van der Waals surface area contributed by atoms with Gasteiger partial charge < -0.3 is 14.9 Å². The Balaban J connectivity index is 1.32. The monoisotopic (exact) mass is 420 g/mol. The molecule has 0 radical (unpaired) electrons. The van der Waals surface area contributed by atoms with Gasteiger partial charge in [-0.15, -0.1) is 0 Å². The van der Waals surface area contributed by atoms with Crippen LogP contribution in [-0.4, -0.2) is 64.6 Å². The molecule has 2 aliphatic rings. The van der Waals surface area contributed by atoms with Gasteiger partial charge in [0.15, 0.2) is 0 Å². The van der Waals surface area contributed by atoms with Crippen molar-refractivity contribution in [2.45, 2.75) is 25.2 Å². The zero-order valence-electron chi connectivity index (χ0n) is 16.3. The Morgan fingerprint density at radius 1 is 1.00 bits per heavy atom. The van der Waals surface area contributed by atoms with Crippen molar-refractivity contribution in [1.82, 2.24) is 14.8 Å². The number of amides is 1. The molecule has 2 aromatic rings. The van der Waals surface area contributed by atoms with Gasteiger partial charge in [0.05, 0.1) is 17.8 Å². The van der Waals surface area contributed by atoms with E-state index in [1.165, 1.54) is 18.3 Å². The number of carbonyl (C=O) groups is 1. The average molecular weight is 420 g/mol. The number of aromatic nitrogens is 1. The van der Waals surface area contributed by atoms with Gasteiger partial charge in [0.1, 0.15) is 11.6 Å². The molecule has 1 unspecified atom stereocenters. The first-order chi connectivity index (χ1) is 14.3. The quantitative estimate of drug-likeness (QED) is 0.824. The smallest absolute Gasteiger partial charge is 0.416 e. The number of anilines is 1. The number of hydrogen-bond donors (Lipinski definition) is 1. The summed E-state index contributed by atoms with van der Waals surface area (Å²) in [7, 11) is 0. The molecule has 1 atom stereocenters. The van der Waals surface area contributed by atoms with E-state index in [1.54, 1.807) is 17.0 Å². The zero-order valence-corrected chi connectivity index (χ0v) is 16.3. The molecule has 30 heavy (non-hydrogen) atoms. The molecule has 2 fully saturated rings. The summed E-state index contributed by atoms with van der Waals surface area (Å²) in [4.78, 5) is 23.1. The number of halogens is 3. The van der Waals surface area contributed by atoms with E-state index in [4.69, 9.17) is 0 Å². The number of benzene rings is 1. The predicted molar refractivity (Wildman–Crippen MR) is 105 cm³/mol. The highest BCUT2D eigenvalue weighted by molar-refractivity contribution is 5.84. The second kappa shape index (κ2) is 8.14. The lowest BCUT2D eigenvalue weighted by Crippen LogP contribution is -2.52. The fraction of sp³-hybridized carbons (Fsp3) is 0.429. The minimum absolute atomic E-state index is 0.0334. The van der Waals surface area contributed by atoms with Crippen molar-refractivity contribution in [3.63, 3.8) is 0 Å². The maximum atomic E-state index is 12.9. The minimum atomic E-state index is -4.36. The molecular formula is C21H23F3N4O2. The number of rotatable bonds is 4. The fourth-order valence-corrected chi connectivity index (χ4v) is 4.07. The summed E-state index contributed by atoms with van der Waals surface area (Å²) in [6, 6.07) is 8.19. The van der Waals surface area contributed by atoms with Crippen molar-refractivity contribution in [3.8, 4) is 5.75 Å². The van der Waals surface area contributed by atoms with Crippen LogP contribution in [0.3, 0.4) is 0 Å². The van der Waals surface area contributed by atoms with Crippen molar-refractivity contribution in [2.24, 2.45) is 0 Å². The van der Waals surface area contributed by atoms with Crippen molar-refractivity contribution in [2.75, 3.05) is 37.6 Å². The largest absolute Gasteiger partial charge is 0.506 e. The topological polar surface area (TPSA) is 59.9 Å². The normalized spacial score (nSPS) is 20.8. The molecule has 3 heterocycles. The Labute approximate surface area is 172 Å². The van der Waals surface area contributed by atoms with Crippen molar-refractivity contribution < 1.29 is 23.1 Å². The Morgan fingerprint density at radius 2 is 1.70 bits per heavy atom. The number of nitrogens with zero attached hydrogens (tertiary/aromatic N) is 4. The Hall–Kier alpha value is -2.81. The second-order valence-electron chi connectivity index (χ2n) is 7.66. The number of carbonyl (C=O) groups excluding carboxylic acids is 1. The number of pyridine rings is 1. The maximum absolute atomic E-state index is 12.9. The summed E-state index contributed by atoms with van der Waals surface area (Å²) in [6.45, 7) is 3.86. The first kappa shape index (κ1) is 20.5. The molecule has 2 aliphatic heterocycles. The number of alkyl halides is 3. The Kier molecular flexibility index (Phi) is 5.55. The van der Waals surface area contributed by atoms with Gasteiger partial charge in [0.25, 0.3) is 0 Å². The molecule has 160 valence electrons. The molecule has 0 aliphatic carbocycles. The molecule has 1 aromatic carbocycles. The SMILES string of the molecule is O=C1C(N2CCN(c3ccc(O)cn3)CC2)CCN1Cc1ccc(C(F)(F)F)cc1. The third-order valence-electron chi connectivity index (χ3n) is 5.74. The number of aromatic hydroxyl groups is 1. The highest BCUT2D eigenvalue weighted by Crippen LogP contribution is 2.29. The molecule has 0 saturated carbocycles. The molecule has 1 amide bonds. The van der Waals surface area contributed by atoms with Gasteiger partial charge in [-0.3, -0.25) is 9.69 Å². The molecule has 2 saturated heterocycles. The van der Waals surface area contributed by atoms with Crippen molar-refractivity contribution in [3.05, 3.63) is 53.7 Å². The second-order valence-corrected chi connectivity index (χ2v) is 7.66. The van der Waals surface area contributed by atoms with E-state index in [-0.39, 0.29) is 17.7 Å². The van der Waals surface area contributed by atoms with Crippen LogP contribution in [0.15, 0.2) is 42.6 Å². The lowest BCUT2D eigenvalue weighted by atomic mass is 10.1. The Morgan fingerprint density at radius 3 is 2.30 bits per heavy atom. The lowest BCUT2D eigenvalue weighted by molar-refractivity contribution is -0.137. The Bertz CT molecular complexity index is 879. The summed E-state index contributed by atoms with van der Waals surface area (Å²) in [6.07, 6.45) is -2.22. The van der Waals surface area contributed by atoms with Crippen LogP contribution >= 0.6 is 0 Å². The molecular weight excluding hydrogens is 397 g/mol. The van der Waals surface area contributed by atoms with E-state index in [0.29, 0.717) is 18.7 Å². The molecule has 0 spiro atoms. The molecule has 0 bridgehead atoms. The van der Waals surface area contributed by atoms with Crippen LogP contribution in [0.2, 0.25) is 0 Å². The molecule has 6 nitrogen and oxygen atoms in total. The van der Waals surface area contributed by atoms with Gasteiger partial charge >= 0.3 is 6.18 Å². The molecule has 9 heteroatoms. The maximum Gasteiger partial charge on any atom is 0.416 e. The third-order valence-corrected chi connectivity index (χ3v) is 5.74. The fourth-order valence-electron chi connectivity index (χ4n) is 4.07. The van der Waals surface area contributed by atoms with Gasteiger partial charge in [-0.2, -0.15) is 13.2 Å². The zero-order chi connectivity index (χ0) is 21.3. The van der Waals surface area contributed by atoms with Gasteiger partial charge in [-0.1, -0.05) is 12.1 Å². The van der Waals surface area contributed by atoms with Crippen LogP contribution < -0.4 is 4.90 Å². The van der Waals surface area contributed by atoms with Gasteiger partial charge in [0.2, 0.25) is 5.91 Å². The van der Waals surface area contributed by atoms with E-state index in [2.05, 4.69) is 14.8 Å². The standard InChI is InChI=1S/C21H23F3N4O2/c22-21(23,24)16-3-1-15(2-4-16)14-28-8-7-18(20(28)30)26-9-11-27(12-10-26)19-6-5-17(29)13-25-19/h1-6,13,18,29H,7-12,14H2. The minimum Gasteiger partial charge on any atom is -0.506 e. The number of likely N-dealkylation sites (tertiary alicyclic amines) is 1. The van der Waals surface area contributed by atoms with Crippen molar-refractivity contribution in [1.29, 1.82) is 0 Å². The first-order valence-electron chi connectivity index (χ1n) is 9.90. The van der Waals surface area contributed by atoms with Crippen LogP contribution in [0, 0.1) is 0 Å². The first-order valence-corrected chi connectivity index (χ1v) is 9.90. The summed E-state index contributed by atoms with van der Waals surface area (Å²) in [5.74, 6) is 0.960. The highest BCUT2D eigenvalue weighted by Gasteiger charge is 2.37. The van der Waals surface area contributed by atoms with E-state index in [0.717, 1.165) is 50.6 Å². The molecule has 4 rings (SSSR count). The van der Waals surface area contributed by atoms with E-state index in [1.807, 2.05) is 0 Å². The predicted octanol–water partition coefficient (Wildman–Crippen LogP) is 2.73. The van der Waals surface area contributed by atoms with Crippen LogP contribution in [0.4, 0.5) is 19.0 Å². The van der Waals surface area contributed by atoms with Gasteiger partial charge in [-0.05, 0) is 36.2 Å². The summed E-state index contributed by atoms with van der Waals surface area (Å²) in [5, 5.41) is 9.37. The van der Waals surface area contributed by atoms with Crippen LogP contribution in [-0.2, 0) is 17.5 Å². The average Bonchev–Trinajstić information content (AvgIpc) is 3.09. The highest BCUT2D eigenvalue weighted by atomic mass is 19.4. The van der Waals surface area contributed by atoms with E-state index in [9.17, 15) is 23.1 Å². The van der Waals surface area contributed by atoms with E-state index < -0.39 is 11.7 Å². The number of hydrogen-bond acceptors (Lipinski definition) is 5. The van der Waals surface area contributed by atoms with Crippen LogP contribution in [0.5, 0.6) is 5.75 Å².